The zero-order valence-electron chi connectivity index (χ0n) is 12.1. The highest BCUT2D eigenvalue weighted by Crippen LogP contribution is 2.30. The summed E-state index contributed by atoms with van der Waals surface area (Å²) in [6, 6.07) is 6.72. The summed E-state index contributed by atoms with van der Waals surface area (Å²) < 4.78 is 5.46. The van der Waals surface area contributed by atoms with Gasteiger partial charge in [-0.3, -0.25) is 11.3 Å². The van der Waals surface area contributed by atoms with Gasteiger partial charge >= 0.3 is 0 Å². The van der Waals surface area contributed by atoms with Gasteiger partial charge in [0.05, 0.1) is 7.11 Å². The Hall–Kier alpha value is -1.06. The summed E-state index contributed by atoms with van der Waals surface area (Å²) in [6.07, 6.45) is 7.60. The van der Waals surface area contributed by atoms with Crippen molar-refractivity contribution in [2.24, 2.45) is 11.8 Å². The molecule has 0 aromatic heterocycles. The maximum absolute atomic E-state index is 5.79. The quantitative estimate of drug-likeness (QED) is 0.633. The number of methoxy groups -OCH3 is 1. The molecule has 1 aromatic rings. The molecule has 0 aliphatic heterocycles. The van der Waals surface area contributed by atoms with E-state index in [1.165, 1.54) is 43.2 Å². The van der Waals surface area contributed by atoms with E-state index in [1.54, 1.807) is 7.11 Å². The minimum absolute atomic E-state index is 0.357. The van der Waals surface area contributed by atoms with E-state index in [2.05, 4.69) is 30.5 Å². The minimum Gasteiger partial charge on any atom is -0.496 e. The lowest BCUT2D eigenvalue weighted by molar-refractivity contribution is 0.267. The van der Waals surface area contributed by atoms with Gasteiger partial charge in [0.2, 0.25) is 0 Å². The second-order valence-corrected chi connectivity index (χ2v) is 5.69. The summed E-state index contributed by atoms with van der Waals surface area (Å²) >= 11 is 0. The molecule has 0 amide bonds. The van der Waals surface area contributed by atoms with E-state index in [0.29, 0.717) is 12.0 Å². The van der Waals surface area contributed by atoms with Gasteiger partial charge in [0.1, 0.15) is 5.75 Å². The number of benzene rings is 1. The molecule has 1 aliphatic carbocycles. The average molecular weight is 262 g/mol. The van der Waals surface area contributed by atoms with E-state index < -0.39 is 0 Å². The normalized spacial score (nSPS) is 18.3. The zero-order chi connectivity index (χ0) is 13.7. The van der Waals surface area contributed by atoms with Crippen molar-refractivity contribution in [3.05, 3.63) is 29.3 Å². The lowest BCUT2D eigenvalue weighted by atomic mass is 9.81. The molecule has 2 rings (SSSR count). The predicted molar refractivity (Wildman–Crippen MR) is 79.1 cm³/mol. The summed E-state index contributed by atoms with van der Waals surface area (Å²) in [7, 11) is 1.74. The first kappa shape index (κ1) is 14.4. The van der Waals surface area contributed by atoms with Gasteiger partial charge in [0.25, 0.3) is 0 Å². The van der Waals surface area contributed by atoms with Crippen LogP contribution in [0.3, 0.4) is 0 Å². The minimum atomic E-state index is 0.357. The van der Waals surface area contributed by atoms with Crippen LogP contribution in [0.1, 0.15) is 43.2 Å². The van der Waals surface area contributed by atoms with Crippen molar-refractivity contribution in [3.8, 4) is 5.75 Å². The maximum atomic E-state index is 5.79. The van der Waals surface area contributed by atoms with Crippen molar-refractivity contribution in [2.75, 3.05) is 7.11 Å². The fraction of sp³-hybridized carbons (Fsp3) is 0.625. The molecule has 106 valence electrons. The van der Waals surface area contributed by atoms with Crippen molar-refractivity contribution in [1.82, 2.24) is 5.43 Å². The molecule has 1 aromatic carbocycles. The summed E-state index contributed by atoms with van der Waals surface area (Å²) in [5.74, 6) is 7.46. The maximum Gasteiger partial charge on any atom is 0.122 e. The first-order chi connectivity index (χ1) is 9.24. The Kier molecular flexibility index (Phi) is 5.23. The molecule has 1 aliphatic rings. The van der Waals surface area contributed by atoms with Gasteiger partial charge in [0.15, 0.2) is 0 Å². The second-order valence-electron chi connectivity index (χ2n) is 5.69. The molecule has 0 saturated heterocycles. The molecular formula is C16H26N2O. The molecule has 1 fully saturated rings. The third kappa shape index (κ3) is 3.71. The number of hydrogen-bond acceptors (Lipinski definition) is 3. The van der Waals surface area contributed by atoms with Crippen molar-refractivity contribution >= 4 is 0 Å². The highest BCUT2D eigenvalue weighted by atomic mass is 16.5. The van der Waals surface area contributed by atoms with Crippen molar-refractivity contribution < 1.29 is 4.74 Å². The average Bonchev–Trinajstić information content (AvgIpc) is 2.46. The topological polar surface area (TPSA) is 47.3 Å². The van der Waals surface area contributed by atoms with Crippen LogP contribution in [-0.2, 0) is 6.42 Å². The van der Waals surface area contributed by atoms with Crippen LogP contribution in [0, 0.1) is 12.8 Å². The van der Waals surface area contributed by atoms with E-state index in [1.807, 2.05) is 0 Å². The summed E-state index contributed by atoms with van der Waals surface area (Å²) in [5, 5.41) is 0. The van der Waals surface area contributed by atoms with Crippen LogP contribution >= 0.6 is 0 Å². The van der Waals surface area contributed by atoms with Gasteiger partial charge in [0, 0.05) is 6.04 Å². The standard InChI is InChI=1S/C16H26N2O/c1-12-8-9-16(19-2)14(10-12)11-15(18-17)13-6-4-3-5-7-13/h8-10,13,15,18H,3-7,11,17H2,1-2H3. The Morgan fingerprint density at radius 1 is 1.32 bits per heavy atom. The van der Waals surface area contributed by atoms with E-state index >= 15 is 0 Å². The Balaban J connectivity index is 2.10. The Morgan fingerprint density at radius 2 is 2.05 bits per heavy atom. The number of aryl methyl sites for hydroxylation is 1. The highest BCUT2D eigenvalue weighted by Gasteiger charge is 2.23. The Morgan fingerprint density at radius 3 is 2.68 bits per heavy atom. The van der Waals surface area contributed by atoms with Crippen molar-refractivity contribution in [1.29, 1.82) is 0 Å². The van der Waals surface area contributed by atoms with Crippen LogP contribution in [0.25, 0.3) is 0 Å². The number of rotatable bonds is 5. The smallest absolute Gasteiger partial charge is 0.122 e. The zero-order valence-corrected chi connectivity index (χ0v) is 12.1. The van der Waals surface area contributed by atoms with Crippen molar-refractivity contribution in [2.45, 2.75) is 51.5 Å². The largest absolute Gasteiger partial charge is 0.496 e. The molecule has 0 spiro atoms. The van der Waals surface area contributed by atoms with Crippen LogP contribution < -0.4 is 16.0 Å². The van der Waals surface area contributed by atoms with Gasteiger partial charge in [-0.15, -0.1) is 0 Å². The molecule has 1 unspecified atom stereocenters. The predicted octanol–water partition coefficient (Wildman–Crippen LogP) is 2.96. The van der Waals surface area contributed by atoms with Gasteiger partial charge in [-0.25, -0.2) is 0 Å². The van der Waals surface area contributed by atoms with Gasteiger partial charge in [-0.2, -0.15) is 0 Å². The fourth-order valence-corrected chi connectivity index (χ4v) is 3.20. The monoisotopic (exact) mass is 262 g/mol. The lowest BCUT2D eigenvalue weighted by Gasteiger charge is -2.30. The fourth-order valence-electron chi connectivity index (χ4n) is 3.20. The first-order valence-corrected chi connectivity index (χ1v) is 7.34. The van der Waals surface area contributed by atoms with Gasteiger partial charge < -0.3 is 4.74 Å². The first-order valence-electron chi connectivity index (χ1n) is 7.34. The van der Waals surface area contributed by atoms with Crippen LogP contribution in [0.2, 0.25) is 0 Å². The van der Waals surface area contributed by atoms with Crippen LogP contribution in [0.4, 0.5) is 0 Å². The van der Waals surface area contributed by atoms with E-state index in [0.717, 1.165) is 12.2 Å². The van der Waals surface area contributed by atoms with Gasteiger partial charge in [-0.1, -0.05) is 37.0 Å². The molecule has 3 N–H and O–H groups in total. The molecule has 3 nitrogen and oxygen atoms in total. The van der Waals surface area contributed by atoms with E-state index in [-0.39, 0.29) is 0 Å². The molecule has 1 saturated carbocycles. The Bertz CT molecular complexity index is 400. The molecule has 1 atom stereocenters. The molecular weight excluding hydrogens is 236 g/mol. The molecule has 19 heavy (non-hydrogen) atoms. The van der Waals surface area contributed by atoms with Gasteiger partial charge in [-0.05, 0) is 43.7 Å². The second kappa shape index (κ2) is 6.92. The van der Waals surface area contributed by atoms with Crippen LogP contribution in [-0.4, -0.2) is 13.2 Å². The number of nitrogens with two attached hydrogens (primary N) is 1. The lowest BCUT2D eigenvalue weighted by Crippen LogP contribution is -2.43. The Labute approximate surface area is 116 Å². The van der Waals surface area contributed by atoms with Crippen molar-refractivity contribution in [3.63, 3.8) is 0 Å². The summed E-state index contributed by atoms with van der Waals surface area (Å²) in [4.78, 5) is 0. The number of nitrogens with one attached hydrogen (secondary N) is 1. The number of ether oxygens (including phenoxy) is 1. The third-order valence-corrected chi connectivity index (χ3v) is 4.31. The highest BCUT2D eigenvalue weighted by molar-refractivity contribution is 5.37. The SMILES string of the molecule is COc1ccc(C)cc1CC(NN)C1CCCCC1. The van der Waals surface area contributed by atoms with Crippen LogP contribution in [0.15, 0.2) is 18.2 Å². The van der Waals surface area contributed by atoms with E-state index in [4.69, 9.17) is 10.6 Å². The molecule has 3 heteroatoms. The number of hydrogen-bond donors (Lipinski definition) is 2. The summed E-state index contributed by atoms with van der Waals surface area (Å²) in [5.41, 5.74) is 5.57. The third-order valence-electron chi connectivity index (χ3n) is 4.31. The number of hydrazine groups is 1. The van der Waals surface area contributed by atoms with Crippen LogP contribution in [0.5, 0.6) is 5.75 Å². The summed E-state index contributed by atoms with van der Waals surface area (Å²) in [6.45, 7) is 2.12. The molecule has 0 radical (unpaired) electrons. The molecule has 0 heterocycles. The molecule has 0 bridgehead atoms. The van der Waals surface area contributed by atoms with E-state index in [9.17, 15) is 0 Å².